The zero-order valence-electron chi connectivity index (χ0n) is 18.7. The van der Waals surface area contributed by atoms with Gasteiger partial charge >= 0.3 is 29.8 Å². The third-order valence-electron chi connectivity index (χ3n) is 4.15. The van der Waals surface area contributed by atoms with E-state index >= 15 is 0 Å². The molecule has 0 fully saturated rings. The summed E-state index contributed by atoms with van der Waals surface area (Å²) in [5, 5.41) is 48.6. The Kier molecular flexibility index (Phi) is 14.9. The monoisotopic (exact) mass is 507 g/mol. The quantitative estimate of drug-likeness (QED) is 0.0820. The highest BCUT2D eigenvalue weighted by molar-refractivity contribution is 5.83. The van der Waals surface area contributed by atoms with Gasteiger partial charge in [-0.15, -0.1) is 0 Å². The predicted molar refractivity (Wildman–Crippen MR) is 114 cm³/mol. The van der Waals surface area contributed by atoms with Crippen LogP contribution in [0, 0.1) is 0 Å². The minimum atomic E-state index is -1.29. The summed E-state index contributed by atoms with van der Waals surface area (Å²) >= 11 is 0. The van der Waals surface area contributed by atoms with Gasteiger partial charge in [-0.05, 0) is 0 Å². The third-order valence-corrected chi connectivity index (χ3v) is 4.15. The molecule has 0 aliphatic rings. The molecule has 0 saturated heterocycles. The van der Waals surface area contributed by atoms with E-state index < -0.39 is 87.5 Å². The Balaban J connectivity index is 5.10. The Morgan fingerprint density at radius 2 is 0.714 bits per heavy atom. The van der Waals surface area contributed by atoms with Gasteiger partial charge in [-0.25, -0.2) is 0 Å². The number of carbonyl (C=O) groups excluding carboxylic acids is 2. The van der Waals surface area contributed by atoms with Crippen LogP contribution in [0.4, 0.5) is 0 Å². The Hall–Kier alpha value is -3.83. The second kappa shape index (κ2) is 16.7. The first-order valence-corrected chi connectivity index (χ1v) is 10.1. The number of rotatable bonds is 20. The van der Waals surface area contributed by atoms with Gasteiger partial charge in [-0.2, -0.15) is 0 Å². The molecular weight excluding hydrogens is 478 g/mol. The summed E-state index contributed by atoms with van der Waals surface area (Å²) in [4.78, 5) is 81.7. The summed E-state index contributed by atoms with van der Waals surface area (Å²) in [6, 6.07) is 0. The smallest absolute Gasteiger partial charge is 0.322 e. The van der Waals surface area contributed by atoms with Crippen LogP contribution in [0.25, 0.3) is 0 Å². The lowest BCUT2D eigenvalue weighted by molar-refractivity contribution is -0.141. The Bertz CT molecular complexity index is 734. The van der Waals surface area contributed by atoms with Crippen molar-refractivity contribution in [2.45, 2.75) is 0 Å². The van der Waals surface area contributed by atoms with Crippen LogP contribution in [0.3, 0.4) is 0 Å². The number of carboxylic acid groups (broad SMARTS) is 5. The van der Waals surface area contributed by atoms with Crippen LogP contribution in [-0.2, 0) is 33.6 Å². The highest BCUT2D eigenvalue weighted by Crippen LogP contribution is 1.97. The highest BCUT2D eigenvalue weighted by atomic mass is 16.4. The number of nitrogens with one attached hydrogen (secondary N) is 2. The molecule has 198 valence electrons. The Morgan fingerprint density at radius 3 is 1.00 bits per heavy atom. The maximum atomic E-state index is 11.8. The van der Waals surface area contributed by atoms with Gasteiger partial charge in [0.15, 0.2) is 0 Å². The summed E-state index contributed by atoms with van der Waals surface area (Å²) in [7, 11) is 0. The molecule has 0 radical (unpaired) electrons. The van der Waals surface area contributed by atoms with E-state index in [1.807, 2.05) is 0 Å². The maximum Gasteiger partial charge on any atom is 0.322 e. The molecule has 0 aromatic carbocycles. The lowest BCUT2D eigenvalue weighted by Crippen LogP contribution is -2.47. The van der Waals surface area contributed by atoms with Crippen LogP contribution in [-0.4, -0.2) is 154 Å². The Labute approximate surface area is 198 Å². The first-order chi connectivity index (χ1) is 16.3. The first kappa shape index (κ1) is 31.2. The number of aliphatic carboxylic acids is 5. The van der Waals surface area contributed by atoms with Gasteiger partial charge in [0, 0.05) is 26.2 Å². The van der Waals surface area contributed by atoms with Crippen LogP contribution in [0.5, 0.6) is 0 Å². The van der Waals surface area contributed by atoms with Crippen LogP contribution in [0.2, 0.25) is 0 Å². The number of hydrogen-bond donors (Lipinski definition) is 7. The number of hydrogen-bond acceptors (Lipinski definition) is 10. The molecule has 0 aromatic heterocycles. The molecule has 0 spiro atoms. The molecule has 17 nitrogen and oxygen atoms in total. The van der Waals surface area contributed by atoms with Crippen LogP contribution >= 0.6 is 0 Å². The summed E-state index contributed by atoms with van der Waals surface area (Å²) < 4.78 is 0. The molecule has 7 N–H and O–H groups in total. The highest BCUT2D eigenvalue weighted by Gasteiger charge is 2.20. The van der Waals surface area contributed by atoms with Gasteiger partial charge in [0.1, 0.15) is 13.1 Å². The molecule has 0 aliphatic carbocycles. The molecule has 0 saturated carbocycles. The number of carboxylic acids is 5. The molecule has 0 aromatic rings. The molecule has 0 aliphatic heterocycles. The minimum Gasteiger partial charge on any atom is -0.480 e. The fraction of sp³-hybridized carbons (Fsp3) is 0.611. The maximum absolute atomic E-state index is 11.8. The SMILES string of the molecule is O=C(O)CNC(=O)CN(CCN(CCN(CC(=O)O)CC(=O)NCC(=O)O)CC(=O)O)CC(=O)O. The van der Waals surface area contributed by atoms with Gasteiger partial charge in [0.25, 0.3) is 0 Å². The van der Waals surface area contributed by atoms with Crippen molar-refractivity contribution in [1.82, 2.24) is 25.3 Å². The molecule has 0 atom stereocenters. The van der Waals surface area contributed by atoms with Gasteiger partial charge in [0.2, 0.25) is 11.8 Å². The van der Waals surface area contributed by atoms with Crippen molar-refractivity contribution in [2.75, 3.05) is 72.0 Å². The van der Waals surface area contributed by atoms with E-state index in [0.29, 0.717) is 0 Å². The van der Waals surface area contributed by atoms with E-state index in [9.17, 15) is 33.6 Å². The molecule has 2 amide bonds. The molecule has 0 heterocycles. The number of nitrogens with zero attached hydrogens (tertiary/aromatic N) is 3. The second-order valence-electron chi connectivity index (χ2n) is 7.22. The molecular formula is C18H29N5O12. The van der Waals surface area contributed by atoms with Crippen molar-refractivity contribution < 1.29 is 59.1 Å². The topological polar surface area (TPSA) is 254 Å². The zero-order chi connectivity index (χ0) is 27.0. The summed E-state index contributed by atoms with van der Waals surface area (Å²) in [5.74, 6) is -7.88. The van der Waals surface area contributed by atoms with E-state index in [1.165, 1.54) is 4.90 Å². The predicted octanol–water partition coefficient (Wildman–Crippen LogP) is -4.45. The summed E-state index contributed by atoms with van der Waals surface area (Å²) in [6.45, 7) is -4.25. The largest absolute Gasteiger partial charge is 0.480 e. The van der Waals surface area contributed by atoms with Crippen molar-refractivity contribution >= 4 is 41.7 Å². The van der Waals surface area contributed by atoms with Crippen molar-refractivity contribution in [3.05, 3.63) is 0 Å². The average molecular weight is 507 g/mol. The lowest BCUT2D eigenvalue weighted by Gasteiger charge is -2.27. The normalized spacial score (nSPS) is 10.8. The van der Waals surface area contributed by atoms with Crippen LogP contribution in [0.15, 0.2) is 0 Å². The van der Waals surface area contributed by atoms with E-state index in [2.05, 4.69) is 10.6 Å². The first-order valence-electron chi connectivity index (χ1n) is 10.1. The van der Waals surface area contributed by atoms with E-state index in [1.54, 1.807) is 0 Å². The van der Waals surface area contributed by atoms with Crippen molar-refractivity contribution in [1.29, 1.82) is 0 Å². The van der Waals surface area contributed by atoms with Gasteiger partial charge in [-0.3, -0.25) is 48.3 Å². The number of amides is 2. The lowest BCUT2D eigenvalue weighted by atomic mass is 10.3. The summed E-state index contributed by atoms with van der Waals surface area (Å²) in [5.41, 5.74) is 0. The van der Waals surface area contributed by atoms with Crippen LogP contribution in [0.1, 0.15) is 0 Å². The zero-order valence-corrected chi connectivity index (χ0v) is 18.7. The number of carbonyl (C=O) groups is 7. The minimum absolute atomic E-state index is 0.0576. The standard InChI is InChI=1S/C18H29N5O12/c24-12(19-5-14(26)27)7-22(10-17(32)33)3-1-21(9-16(30)31)2-4-23(11-18(34)35)8-13(25)20-6-15(28)29/h1-11H2,(H,19,24)(H,20,25)(H,26,27)(H,28,29)(H,30,31)(H,32,33)(H,34,35). The van der Waals surface area contributed by atoms with Gasteiger partial charge < -0.3 is 36.2 Å². The fourth-order valence-corrected chi connectivity index (χ4v) is 2.70. The fourth-order valence-electron chi connectivity index (χ4n) is 2.70. The van der Waals surface area contributed by atoms with Crippen molar-refractivity contribution in [3.63, 3.8) is 0 Å². The molecule has 0 rings (SSSR count). The van der Waals surface area contributed by atoms with E-state index in [0.717, 1.165) is 9.80 Å². The summed E-state index contributed by atoms with van der Waals surface area (Å²) in [6.07, 6.45) is 0. The van der Waals surface area contributed by atoms with Gasteiger partial charge in [-0.1, -0.05) is 0 Å². The third kappa shape index (κ3) is 18.3. The van der Waals surface area contributed by atoms with Crippen molar-refractivity contribution in [3.8, 4) is 0 Å². The van der Waals surface area contributed by atoms with E-state index in [4.69, 9.17) is 25.5 Å². The average Bonchev–Trinajstić information content (AvgIpc) is 2.71. The Morgan fingerprint density at radius 1 is 0.429 bits per heavy atom. The van der Waals surface area contributed by atoms with E-state index in [-0.39, 0.29) is 26.2 Å². The van der Waals surface area contributed by atoms with Crippen molar-refractivity contribution in [2.24, 2.45) is 0 Å². The van der Waals surface area contributed by atoms with Gasteiger partial charge in [0.05, 0.1) is 32.7 Å². The molecule has 0 bridgehead atoms. The second-order valence-corrected chi connectivity index (χ2v) is 7.22. The molecule has 35 heavy (non-hydrogen) atoms. The molecule has 17 heteroatoms. The molecule has 0 unspecified atom stereocenters. The van der Waals surface area contributed by atoms with Crippen LogP contribution < -0.4 is 10.6 Å².